The normalized spacial score (nSPS) is 20.4. The van der Waals surface area contributed by atoms with Gasteiger partial charge in [0, 0.05) is 17.4 Å². The molecule has 1 aliphatic heterocycles. The number of carbonyl (C=O) groups is 1. The molecule has 1 atom stereocenters. The molecule has 1 fully saturated rings. The van der Waals surface area contributed by atoms with Crippen molar-refractivity contribution in [2.24, 2.45) is 5.92 Å². The first-order chi connectivity index (χ1) is 7.18. The first-order valence-electron chi connectivity index (χ1n) is 5.49. The van der Waals surface area contributed by atoms with Gasteiger partial charge < -0.3 is 10.6 Å². The summed E-state index contributed by atoms with van der Waals surface area (Å²) in [6.07, 6.45) is 4.11. The van der Waals surface area contributed by atoms with Crippen LogP contribution in [0.5, 0.6) is 0 Å². The molecule has 0 radical (unpaired) electrons. The highest BCUT2D eigenvalue weighted by molar-refractivity contribution is 9.11. The molecule has 2 N–H and O–H groups in total. The van der Waals surface area contributed by atoms with Crippen molar-refractivity contribution in [2.75, 3.05) is 19.6 Å². The van der Waals surface area contributed by atoms with E-state index in [-0.39, 0.29) is 18.3 Å². The summed E-state index contributed by atoms with van der Waals surface area (Å²) in [4.78, 5) is 11.5. The quantitative estimate of drug-likeness (QED) is 0.836. The molecular weight excluding hydrogens is 291 g/mol. The van der Waals surface area contributed by atoms with Gasteiger partial charge in [0.1, 0.15) is 0 Å². The molecule has 94 valence electrons. The van der Waals surface area contributed by atoms with Crippen LogP contribution in [-0.4, -0.2) is 25.5 Å². The molecule has 0 aromatic heterocycles. The van der Waals surface area contributed by atoms with Crippen LogP contribution in [-0.2, 0) is 4.79 Å². The lowest BCUT2D eigenvalue weighted by molar-refractivity contribution is -0.121. The Morgan fingerprint density at radius 2 is 2.19 bits per heavy atom. The second kappa shape index (κ2) is 9.02. The van der Waals surface area contributed by atoms with Crippen LogP contribution in [0.2, 0.25) is 0 Å². The Labute approximate surface area is 112 Å². The molecular formula is C11H20BrClN2O. The molecule has 16 heavy (non-hydrogen) atoms. The van der Waals surface area contributed by atoms with Crippen molar-refractivity contribution in [3.63, 3.8) is 0 Å². The number of hydrogen-bond donors (Lipinski definition) is 2. The summed E-state index contributed by atoms with van der Waals surface area (Å²) < 4.78 is 0.818. The first kappa shape index (κ1) is 15.9. The monoisotopic (exact) mass is 310 g/mol. The zero-order valence-corrected chi connectivity index (χ0v) is 11.8. The molecule has 1 aliphatic rings. The Bertz CT molecular complexity index is 228. The standard InChI is InChI=1S/C11H19BrN2O.ClH/c1-9(12)8-14-11(15)7-10-3-2-5-13-6-4-10;/h10,13H,1-8H2,(H,14,15);1H. The van der Waals surface area contributed by atoms with E-state index in [0.717, 1.165) is 30.4 Å². The predicted octanol–water partition coefficient (Wildman–Crippen LogP) is 2.21. The maximum atomic E-state index is 11.5. The van der Waals surface area contributed by atoms with Gasteiger partial charge in [-0.2, -0.15) is 0 Å². The minimum absolute atomic E-state index is 0. The molecule has 1 saturated heterocycles. The Kier molecular flexibility index (Phi) is 8.99. The average Bonchev–Trinajstić information content (AvgIpc) is 2.43. The third-order valence-corrected chi connectivity index (χ3v) is 2.93. The molecule has 1 heterocycles. The number of nitrogens with one attached hydrogen (secondary N) is 2. The van der Waals surface area contributed by atoms with Gasteiger partial charge in [-0.15, -0.1) is 12.4 Å². The molecule has 0 bridgehead atoms. The fourth-order valence-electron chi connectivity index (χ4n) is 1.82. The van der Waals surface area contributed by atoms with E-state index in [2.05, 4.69) is 33.1 Å². The predicted molar refractivity (Wildman–Crippen MR) is 73.2 cm³/mol. The van der Waals surface area contributed by atoms with E-state index in [1.807, 2.05) is 0 Å². The second-order valence-corrected chi connectivity index (χ2v) is 5.17. The van der Waals surface area contributed by atoms with Crippen molar-refractivity contribution < 1.29 is 4.79 Å². The van der Waals surface area contributed by atoms with Crippen LogP contribution in [0, 0.1) is 5.92 Å². The Morgan fingerprint density at radius 3 is 2.88 bits per heavy atom. The lowest BCUT2D eigenvalue weighted by Crippen LogP contribution is -2.26. The summed E-state index contributed by atoms with van der Waals surface area (Å²) in [5.41, 5.74) is 0. The highest BCUT2D eigenvalue weighted by atomic mass is 79.9. The van der Waals surface area contributed by atoms with Crippen LogP contribution >= 0.6 is 28.3 Å². The molecule has 0 aromatic rings. The van der Waals surface area contributed by atoms with Crippen LogP contribution in [0.25, 0.3) is 0 Å². The molecule has 1 rings (SSSR count). The van der Waals surface area contributed by atoms with Gasteiger partial charge in [0.05, 0.1) is 0 Å². The van der Waals surface area contributed by atoms with Crippen molar-refractivity contribution in [1.29, 1.82) is 0 Å². The molecule has 5 heteroatoms. The maximum absolute atomic E-state index is 11.5. The van der Waals surface area contributed by atoms with E-state index >= 15 is 0 Å². The largest absolute Gasteiger partial charge is 0.352 e. The molecule has 0 aliphatic carbocycles. The summed E-state index contributed by atoms with van der Waals surface area (Å²) in [6.45, 7) is 6.35. The van der Waals surface area contributed by atoms with Crippen molar-refractivity contribution in [2.45, 2.75) is 25.7 Å². The molecule has 1 amide bonds. The van der Waals surface area contributed by atoms with Crippen molar-refractivity contribution in [3.8, 4) is 0 Å². The minimum Gasteiger partial charge on any atom is -0.352 e. The molecule has 0 aromatic carbocycles. The second-order valence-electron chi connectivity index (χ2n) is 4.05. The topological polar surface area (TPSA) is 41.1 Å². The van der Waals surface area contributed by atoms with Gasteiger partial charge in [0.2, 0.25) is 5.91 Å². The van der Waals surface area contributed by atoms with Crippen LogP contribution in [0.1, 0.15) is 25.7 Å². The summed E-state index contributed by atoms with van der Waals surface area (Å²) >= 11 is 3.22. The Morgan fingerprint density at radius 1 is 1.44 bits per heavy atom. The van der Waals surface area contributed by atoms with Gasteiger partial charge in [-0.25, -0.2) is 0 Å². The van der Waals surface area contributed by atoms with Crippen LogP contribution in [0.4, 0.5) is 0 Å². The lowest BCUT2D eigenvalue weighted by atomic mass is 9.97. The lowest BCUT2D eigenvalue weighted by Gasteiger charge is -2.12. The third-order valence-electron chi connectivity index (χ3n) is 2.65. The number of halogens is 2. The average molecular weight is 312 g/mol. The van der Waals surface area contributed by atoms with Gasteiger partial charge in [-0.05, 0) is 38.3 Å². The Hall–Kier alpha value is -0.0600. The van der Waals surface area contributed by atoms with Gasteiger partial charge >= 0.3 is 0 Å². The zero-order valence-electron chi connectivity index (χ0n) is 9.43. The first-order valence-corrected chi connectivity index (χ1v) is 6.28. The fourth-order valence-corrected chi connectivity index (χ4v) is 1.96. The number of carbonyl (C=O) groups excluding carboxylic acids is 1. The van der Waals surface area contributed by atoms with Crippen LogP contribution in [0.3, 0.4) is 0 Å². The van der Waals surface area contributed by atoms with Crippen molar-refractivity contribution in [1.82, 2.24) is 10.6 Å². The highest BCUT2D eigenvalue weighted by Crippen LogP contribution is 2.17. The molecule has 0 spiro atoms. The molecule has 0 saturated carbocycles. The van der Waals surface area contributed by atoms with Gasteiger partial charge in [0.25, 0.3) is 0 Å². The summed E-state index contributed by atoms with van der Waals surface area (Å²) in [6, 6.07) is 0. The van der Waals surface area contributed by atoms with E-state index in [0.29, 0.717) is 18.9 Å². The van der Waals surface area contributed by atoms with Crippen LogP contribution < -0.4 is 10.6 Å². The zero-order chi connectivity index (χ0) is 11.1. The van der Waals surface area contributed by atoms with E-state index in [9.17, 15) is 4.79 Å². The number of amides is 1. The van der Waals surface area contributed by atoms with Gasteiger partial charge in [-0.1, -0.05) is 22.5 Å². The summed E-state index contributed by atoms with van der Waals surface area (Å²) in [7, 11) is 0. The Balaban J connectivity index is 0.00000225. The van der Waals surface area contributed by atoms with E-state index in [1.165, 1.54) is 6.42 Å². The summed E-state index contributed by atoms with van der Waals surface area (Å²) in [5, 5.41) is 6.19. The highest BCUT2D eigenvalue weighted by Gasteiger charge is 2.15. The molecule has 1 unspecified atom stereocenters. The van der Waals surface area contributed by atoms with E-state index < -0.39 is 0 Å². The SMILES string of the molecule is C=C(Br)CNC(=O)CC1CCCNCC1.Cl. The fraction of sp³-hybridized carbons (Fsp3) is 0.727. The van der Waals surface area contributed by atoms with Crippen molar-refractivity contribution >= 4 is 34.2 Å². The summed E-state index contributed by atoms with van der Waals surface area (Å²) in [5.74, 6) is 0.686. The smallest absolute Gasteiger partial charge is 0.220 e. The minimum atomic E-state index is 0. The van der Waals surface area contributed by atoms with Gasteiger partial charge in [-0.3, -0.25) is 4.79 Å². The van der Waals surface area contributed by atoms with Crippen LogP contribution in [0.15, 0.2) is 11.1 Å². The van der Waals surface area contributed by atoms with Gasteiger partial charge in [0.15, 0.2) is 0 Å². The van der Waals surface area contributed by atoms with E-state index in [4.69, 9.17) is 0 Å². The van der Waals surface area contributed by atoms with E-state index in [1.54, 1.807) is 0 Å². The maximum Gasteiger partial charge on any atom is 0.220 e. The third kappa shape index (κ3) is 7.25. The van der Waals surface area contributed by atoms with Crippen molar-refractivity contribution in [3.05, 3.63) is 11.1 Å². The number of rotatable bonds is 4. The number of hydrogen-bond acceptors (Lipinski definition) is 2. The molecule has 3 nitrogen and oxygen atoms in total.